The van der Waals surface area contributed by atoms with E-state index < -0.39 is 0 Å². The number of aromatic amines is 1. The molecule has 0 spiro atoms. The smallest absolute Gasteiger partial charge is 0.255 e. The molecule has 4 nitrogen and oxygen atoms in total. The molecule has 0 aliphatic heterocycles. The first-order valence-corrected chi connectivity index (χ1v) is 8.13. The largest absolute Gasteiger partial charge is 0.338 e. The van der Waals surface area contributed by atoms with Gasteiger partial charge in [0.1, 0.15) is 5.82 Å². The molecule has 1 heterocycles. The van der Waals surface area contributed by atoms with E-state index in [1.807, 2.05) is 79.7 Å². The van der Waals surface area contributed by atoms with Gasteiger partial charge in [-0.1, -0.05) is 30.3 Å². The standard InChI is InChI=1S/C21H17N3O/c1-14-6-2-3-7-17(14)21(25)22-16-12-10-15(11-13-16)20-23-18-8-4-5-9-19(18)24-20/h2-13H,1H3,(H,22,25)(H,23,24). The Morgan fingerprint density at radius 1 is 0.920 bits per heavy atom. The van der Waals surface area contributed by atoms with E-state index in [1.54, 1.807) is 0 Å². The highest BCUT2D eigenvalue weighted by molar-refractivity contribution is 6.05. The fraction of sp³-hybridized carbons (Fsp3) is 0.0476. The Morgan fingerprint density at radius 2 is 1.64 bits per heavy atom. The zero-order valence-electron chi connectivity index (χ0n) is 13.8. The molecule has 0 radical (unpaired) electrons. The SMILES string of the molecule is Cc1ccccc1C(=O)Nc1ccc(-c2nc3ccccc3[nH]2)cc1. The van der Waals surface area contributed by atoms with E-state index in [-0.39, 0.29) is 5.91 Å². The third-order valence-electron chi connectivity index (χ3n) is 4.20. The summed E-state index contributed by atoms with van der Waals surface area (Å²) in [5.74, 6) is 0.715. The average molecular weight is 327 g/mol. The molecule has 1 aromatic heterocycles. The lowest BCUT2D eigenvalue weighted by molar-refractivity contribution is 0.102. The van der Waals surface area contributed by atoms with Crippen molar-refractivity contribution in [2.45, 2.75) is 6.92 Å². The summed E-state index contributed by atoms with van der Waals surface area (Å²) in [7, 11) is 0. The molecule has 2 N–H and O–H groups in total. The van der Waals surface area contributed by atoms with Gasteiger partial charge in [-0.05, 0) is 55.0 Å². The van der Waals surface area contributed by atoms with Crippen LogP contribution in [0, 0.1) is 6.92 Å². The lowest BCUT2D eigenvalue weighted by Gasteiger charge is -2.08. The molecular weight excluding hydrogens is 310 g/mol. The van der Waals surface area contributed by atoms with Gasteiger partial charge in [0.05, 0.1) is 11.0 Å². The Balaban J connectivity index is 1.56. The molecular formula is C21H17N3O. The highest BCUT2D eigenvalue weighted by Crippen LogP contribution is 2.22. The van der Waals surface area contributed by atoms with Crippen LogP contribution in [0.1, 0.15) is 15.9 Å². The molecule has 0 saturated carbocycles. The maximum absolute atomic E-state index is 12.4. The van der Waals surface area contributed by atoms with Gasteiger partial charge in [0.15, 0.2) is 0 Å². The molecule has 0 atom stereocenters. The predicted molar refractivity (Wildman–Crippen MR) is 101 cm³/mol. The number of para-hydroxylation sites is 2. The number of fused-ring (bicyclic) bond motifs is 1. The second kappa shape index (κ2) is 6.24. The van der Waals surface area contributed by atoms with Gasteiger partial charge >= 0.3 is 0 Å². The number of nitrogens with zero attached hydrogens (tertiary/aromatic N) is 1. The fourth-order valence-electron chi connectivity index (χ4n) is 2.83. The van der Waals surface area contributed by atoms with Crippen LogP contribution in [0.3, 0.4) is 0 Å². The van der Waals surface area contributed by atoms with E-state index in [0.29, 0.717) is 5.56 Å². The summed E-state index contributed by atoms with van der Waals surface area (Å²) in [5.41, 5.74) is 5.32. The van der Waals surface area contributed by atoms with Gasteiger partial charge in [-0.3, -0.25) is 4.79 Å². The predicted octanol–water partition coefficient (Wildman–Crippen LogP) is 4.79. The van der Waals surface area contributed by atoms with Crippen molar-refractivity contribution in [2.24, 2.45) is 0 Å². The number of carbonyl (C=O) groups excluding carboxylic acids is 1. The van der Waals surface area contributed by atoms with E-state index in [9.17, 15) is 4.79 Å². The number of rotatable bonds is 3. The third-order valence-corrected chi connectivity index (χ3v) is 4.20. The molecule has 0 aliphatic rings. The van der Waals surface area contributed by atoms with E-state index in [0.717, 1.165) is 33.7 Å². The lowest BCUT2D eigenvalue weighted by Crippen LogP contribution is -2.13. The second-order valence-electron chi connectivity index (χ2n) is 5.95. The number of anilines is 1. The first-order chi connectivity index (χ1) is 12.2. The maximum atomic E-state index is 12.4. The first kappa shape index (κ1) is 15.1. The van der Waals surface area contributed by atoms with Crippen LogP contribution in [-0.2, 0) is 0 Å². The Morgan fingerprint density at radius 3 is 2.40 bits per heavy atom. The topological polar surface area (TPSA) is 57.8 Å². The van der Waals surface area contributed by atoms with E-state index in [2.05, 4.69) is 15.3 Å². The van der Waals surface area contributed by atoms with Crippen molar-refractivity contribution in [3.8, 4) is 11.4 Å². The van der Waals surface area contributed by atoms with Gasteiger partial charge in [-0.2, -0.15) is 0 Å². The second-order valence-corrected chi connectivity index (χ2v) is 5.95. The summed E-state index contributed by atoms with van der Waals surface area (Å²) in [4.78, 5) is 20.3. The van der Waals surface area contributed by atoms with Gasteiger partial charge in [0, 0.05) is 16.8 Å². The number of aromatic nitrogens is 2. The Labute approximate surface area is 145 Å². The molecule has 122 valence electrons. The van der Waals surface area contributed by atoms with E-state index in [1.165, 1.54) is 0 Å². The van der Waals surface area contributed by atoms with Crippen molar-refractivity contribution in [2.75, 3.05) is 5.32 Å². The van der Waals surface area contributed by atoms with Crippen molar-refractivity contribution in [3.63, 3.8) is 0 Å². The summed E-state index contributed by atoms with van der Waals surface area (Å²) < 4.78 is 0. The van der Waals surface area contributed by atoms with Crippen LogP contribution in [-0.4, -0.2) is 15.9 Å². The van der Waals surface area contributed by atoms with Crippen molar-refractivity contribution < 1.29 is 4.79 Å². The van der Waals surface area contributed by atoms with Gasteiger partial charge in [-0.25, -0.2) is 4.98 Å². The number of benzene rings is 3. The van der Waals surface area contributed by atoms with Crippen molar-refractivity contribution >= 4 is 22.6 Å². The summed E-state index contributed by atoms with van der Waals surface area (Å²) in [5, 5.41) is 2.93. The molecule has 4 aromatic rings. The highest BCUT2D eigenvalue weighted by atomic mass is 16.1. The molecule has 0 unspecified atom stereocenters. The highest BCUT2D eigenvalue weighted by Gasteiger charge is 2.09. The zero-order valence-corrected chi connectivity index (χ0v) is 13.8. The monoisotopic (exact) mass is 327 g/mol. The molecule has 0 bridgehead atoms. The first-order valence-electron chi connectivity index (χ1n) is 8.13. The van der Waals surface area contributed by atoms with E-state index in [4.69, 9.17) is 0 Å². The normalized spacial score (nSPS) is 10.8. The summed E-state index contributed by atoms with van der Waals surface area (Å²) in [6, 6.07) is 23.2. The minimum atomic E-state index is -0.102. The molecule has 0 fully saturated rings. The van der Waals surface area contributed by atoms with Crippen LogP contribution in [0.15, 0.2) is 72.8 Å². The Bertz CT molecular complexity index is 1020. The Kier molecular flexibility index (Phi) is 3.78. The van der Waals surface area contributed by atoms with Crippen molar-refractivity contribution in [1.82, 2.24) is 9.97 Å². The van der Waals surface area contributed by atoms with E-state index >= 15 is 0 Å². The molecule has 1 amide bonds. The molecule has 4 heteroatoms. The number of aryl methyl sites for hydroxylation is 1. The summed E-state index contributed by atoms with van der Waals surface area (Å²) in [6.45, 7) is 1.93. The van der Waals surface area contributed by atoms with Gasteiger partial charge < -0.3 is 10.3 Å². The zero-order chi connectivity index (χ0) is 17.2. The molecule has 3 aromatic carbocycles. The summed E-state index contributed by atoms with van der Waals surface area (Å²) >= 11 is 0. The number of imidazole rings is 1. The summed E-state index contributed by atoms with van der Waals surface area (Å²) in [6.07, 6.45) is 0. The average Bonchev–Trinajstić information content (AvgIpc) is 3.07. The molecule has 25 heavy (non-hydrogen) atoms. The van der Waals surface area contributed by atoms with Gasteiger partial charge in [0.2, 0.25) is 0 Å². The number of amides is 1. The van der Waals surface area contributed by atoms with Crippen molar-refractivity contribution in [3.05, 3.63) is 83.9 Å². The van der Waals surface area contributed by atoms with Gasteiger partial charge in [-0.15, -0.1) is 0 Å². The van der Waals surface area contributed by atoms with Crippen LogP contribution in [0.2, 0.25) is 0 Å². The Hall–Kier alpha value is -3.40. The molecule has 4 rings (SSSR count). The number of hydrogen-bond acceptors (Lipinski definition) is 2. The number of H-pyrrole nitrogens is 1. The molecule has 0 saturated heterocycles. The number of nitrogens with one attached hydrogen (secondary N) is 2. The van der Waals surface area contributed by atoms with Gasteiger partial charge in [0.25, 0.3) is 5.91 Å². The van der Waals surface area contributed by atoms with Crippen molar-refractivity contribution in [1.29, 1.82) is 0 Å². The van der Waals surface area contributed by atoms with Crippen LogP contribution in [0.4, 0.5) is 5.69 Å². The minimum absolute atomic E-state index is 0.102. The maximum Gasteiger partial charge on any atom is 0.255 e. The lowest BCUT2D eigenvalue weighted by atomic mass is 10.1. The van der Waals surface area contributed by atoms with Crippen LogP contribution < -0.4 is 5.32 Å². The minimum Gasteiger partial charge on any atom is -0.338 e. The van der Waals surface area contributed by atoms with Crippen LogP contribution >= 0.6 is 0 Å². The number of carbonyl (C=O) groups is 1. The van der Waals surface area contributed by atoms with Crippen LogP contribution in [0.25, 0.3) is 22.4 Å². The third kappa shape index (κ3) is 3.02. The van der Waals surface area contributed by atoms with Crippen LogP contribution in [0.5, 0.6) is 0 Å². The molecule has 0 aliphatic carbocycles. The quantitative estimate of drug-likeness (QED) is 0.568. The number of hydrogen-bond donors (Lipinski definition) is 2. The fourth-order valence-corrected chi connectivity index (χ4v) is 2.83.